The van der Waals surface area contributed by atoms with Gasteiger partial charge in [-0.1, -0.05) is 5.21 Å². The number of carbonyl (C=O) groups excluding carboxylic acids is 1. The molecule has 2 aromatic heterocycles. The summed E-state index contributed by atoms with van der Waals surface area (Å²) in [7, 11) is 5.63. The molecule has 0 fully saturated rings. The Morgan fingerprint density at radius 3 is 2.90 bits per heavy atom. The van der Waals surface area contributed by atoms with Crippen molar-refractivity contribution >= 4 is 17.5 Å². The van der Waals surface area contributed by atoms with Crippen molar-refractivity contribution in [2.45, 2.75) is 6.54 Å². The van der Waals surface area contributed by atoms with E-state index in [0.717, 1.165) is 11.4 Å². The Bertz CT molecular complexity index is 593. The minimum atomic E-state index is -0.345. The first-order chi connectivity index (χ1) is 9.54. The van der Waals surface area contributed by atoms with Crippen LogP contribution in [0.25, 0.3) is 0 Å². The molecular formula is C12H17N7O. The third-order valence-corrected chi connectivity index (χ3v) is 2.59. The number of hydrogen-bond acceptors (Lipinski definition) is 5. The van der Waals surface area contributed by atoms with E-state index in [1.807, 2.05) is 31.1 Å². The Balaban J connectivity index is 1.88. The Labute approximate surface area is 116 Å². The first-order valence-electron chi connectivity index (χ1n) is 6.08. The average molecular weight is 275 g/mol. The van der Waals surface area contributed by atoms with E-state index in [0.29, 0.717) is 12.4 Å². The Kier molecular flexibility index (Phi) is 4.14. The van der Waals surface area contributed by atoms with Gasteiger partial charge in [0.05, 0.1) is 18.4 Å². The van der Waals surface area contributed by atoms with Gasteiger partial charge in [-0.3, -0.25) is 15.0 Å². The molecule has 20 heavy (non-hydrogen) atoms. The molecule has 0 atom stereocenters. The van der Waals surface area contributed by atoms with Gasteiger partial charge in [-0.2, -0.15) is 0 Å². The lowest BCUT2D eigenvalue weighted by Crippen LogP contribution is -2.28. The highest BCUT2D eigenvalue weighted by Crippen LogP contribution is 2.10. The number of amides is 2. The van der Waals surface area contributed by atoms with E-state index in [1.54, 1.807) is 19.4 Å². The van der Waals surface area contributed by atoms with Gasteiger partial charge < -0.3 is 10.2 Å². The van der Waals surface area contributed by atoms with Crippen molar-refractivity contribution in [1.29, 1.82) is 0 Å². The van der Waals surface area contributed by atoms with Crippen LogP contribution in [0.15, 0.2) is 24.5 Å². The zero-order valence-corrected chi connectivity index (χ0v) is 11.7. The third kappa shape index (κ3) is 3.67. The van der Waals surface area contributed by atoms with Gasteiger partial charge in [0, 0.05) is 33.0 Å². The lowest BCUT2D eigenvalue weighted by Gasteiger charge is -2.13. The summed E-state index contributed by atoms with van der Waals surface area (Å²) in [5, 5.41) is 12.8. The van der Waals surface area contributed by atoms with Crippen LogP contribution in [0.2, 0.25) is 0 Å². The summed E-state index contributed by atoms with van der Waals surface area (Å²) in [5.41, 5.74) is 1.82. The average Bonchev–Trinajstić information content (AvgIpc) is 2.82. The molecule has 0 bridgehead atoms. The van der Waals surface area contributed by atoms with Crippen molar-refractivity contribution in [3.8, 4) is 0 Å². The molecular weight excluding hydrogens is 258 g/mol. The molecule has 2 amide bonds. The summed E-state index contributed by atoms with van der Waals surface area (Å²) >= 11 is 0. The molecule has 2 heterocycles. The van der Waals surface area contributed by atoms with Crippen molar-refractivity contribution in [2.75, 3.05) is 24.3 Å². The highest BCUT2D eigenvalue weighted by molar-refractivity contribution is 5.87. The number of aryl methyl sites for hydroxylation is 1. The van der Waals surface area contributed by atoms with Gasteiger partial charge >= 0.3 is 6.03 Å². The smallest absolute Gasteiger partial charge is 0.320 e. The summed E-state index contributed by atoms with van der Waals surface area (Å²) in [5.74, 6) is 0.403. The Morgan fingerprint density at radius 1 is 1.45 bits per heavy atom. The zero-order chi connectivity index (χ0) is 14.5. The quantitative estimate of drug-likeness (QED) is 0.853. The number of hydrogen-bond donors (Lipinski definition) is 2. The molecule has 0 radical (unpaired) electrons. The molecule has 0 aliphatic heterocycles. The van der Waals surface area contributed by atoms with Crippen molar-refractivity contribution < 1.29 is 4.79 Å². The van der Waals surface area contributed by atoms with Gasteiger partial charge in [-0.05, 0) is 12.1 Å². The van der Waals surface area contributed by atoms with Crippen molar-refractivity contribution in [1.82, 2.24) is 25.3 Å². The number of aromatic nitrogens is 4. The van der Waals surface area contributed by atoms with Crippen LogP contribution >= 0.6 is 0 Å². The van der Waals surface area contributed by atoms with Gasteiger partial charge in [0.1, 0.15) is 0 Å². The fourth-order valence-electron chi connectivity index (χ4n) is 1.58. The monoisotopic (exact) mass is 275 g/mol. The van der Waals surface area contributed by atoms with E-state index in [1.165, 1.54) is 4.68 Å². The maximum atomic E-state index is 11.7. The lowest BCUT2D eigenvalue weighted by molar-refractivity contribution is 0.251. The molecule has 0 aliphatic rings. The molecule has 2 rings (SSSR count). The number of pyridine rings is 1. The van der Waals surface area contributed by atoms with Crippen LogP contribution in [0.1, 0.15) is 5.69 Å². The summed E-state index contributed by atoms with van der Waals surface area (Å²) in [4.78, 5) is 17.9. The Morgan fingerprint density at radius 2 is 2.25 bits per heavy atom. The molecule has 106 valence electrons. The largest absolute Gasteiger partial charge is 0.378 e. The van der Waals surface area contributed by atoms with Gasteiger partial charge in [0.2, 0.25) is 0 Å². The number of nitrogens with one attached hydrogen (secondary N) is 2. The minimum Gasteiger partial charge on any atom is -0.378 e. The van der Waals surface area contributed by atoms with Crippen molar-refractivity contribution in [3.05, 3.63) is 30.2 Å². The second-order valence-electron chi connectivity index (χ2n) is 4.48. The van der Waals surface area contributed by atoms with E-state index in [-0.39, 0.29) is 6.03 Å². The molecule has 8 nitrogen and oxygen atoms in total. The van der Waals surface area contributed by atoms with Crippen molar-refractivity contribution in [3.63, 3.8) is 0 Å². The summed E-state index contributed by atoms with van der Waals surface area (Å²) < 4.78 is 1.51. The molecule has 0 aromatic carbocycles. The topological polar surface area (TPSA) is 88.0 Å². The molecule has 0 unspecified atom stereocenters. The second-order valence-corrected chi connectivity index (χ2v) is 4.48. The standard InChI is InChI=1S/C12H17N7O/c1-18(2)10-4-5-13-9(6-10)7-14-12(20)15-11-8-19(3)17-16-11/h4-6,8H,7H2,1-3H3,(H2,14,15,20). The number of nitrogens with zero attached hydrogens (tertiary/aromatic N) is 5. The number of carbonyl (C=O) groups is 1. The molecule has 2 aromatic rings. The van der Waals surface area contributed by atoms with Gasteiger partial charge in [0.15, 0.2) is 5.82 Å². The van der Waals surface area contributed by atoms with E-state index < -0.39 is 0 Å². The molecule has 0 aliphatic carbocycles. The van der Waals surface area contributed by atoms with Crippen LogP contribution in [0, 0.1) is 0 Å². The number of urea groups is 1. The van der Waals surface area contributed by atoms with E-state index in [2.05, 4.69) is 25.9 Å². The molecule has 0 spiro atoms. The minimum absolute atomic E-state index is 0.341. The predicted molar refractivity (Wildman–Crippen MR) is 75.4 cm³/mol. The van der Waals surface area contributed by atoms with Gasteiger partial charge in [-0.25, -0.2) is 4.79 Å². The van der Waals surface area contributed by atoms with Crippen molar-refractivity contribution in [2.24, 2.45) is 7.05 Å². The Hall–Kier alpha value is -2.64. The lowest BCUT2D eigenvalue weighted by atomic mass is 10.3. The predicted octanol–water partition coefficient (Wildman–Crippen LogP) is 0.598. The summed E-state index contributed by atoms with van der Waals surface area (Å²) in [6, 6.07) is 3.48. The molecule has 8 heteroatoms. The van der Waals surface area contributed by atoms with Crippen LogP contribution < -0.4 is 15.5 Å². The second kappa shape index (κ2) is 6.00. The van der Waals surface area contributed by atoms with Crippen LogP contribution in [0.3, 0.4) is 0 Å². The molecule has 0 saturated heterocycles. The van der Waals surface area contributed by atoms with Crippen LogP contribution in [0.4, 0.5) is 16.3 Å². The third-order valence-electron chi connectivity index (χ3n) is 2.59. The number of rotatable bonds is 4. The normalized spacial score (nSPS) is 10.2. The summed E-state index contributed by atoms with van der Waals surface area (Å²) in [6.07, 6.45) is 3.33. The molecule has 0 saturated carbocycles. The van der Waals surface area contributed by atoms with Gasteiger partial charge in [0.25, 0.3) is 0 Å². The van der Waals surface area contributed by atoms with E-state index in [9.17, 15) is 4.79 Å². The van der Waals surface area contributed by atoms with E-state index >= 15 is 0 Å². The van der Waals surface area contributed by atoms with Gasteiger partial charge in [-0.15, -0.1) is 5.10 Å². The number of anilines is 2. The van der Waals surface area contributed by atoms with Crippen LogP contribution in [-0.4, -0.2) is 40.1 Å². The SMILES string of the molecule is CN(C)c1ccnc(CNC(=O)Nc2cn(C)nn2)c1. The highest BCUT2D eigenvalue weighted by atomic mass is 16.2. The zero-order valence-electron chi connectivity index (χ0n) is 11.7. The first kappa shape index (κ1) is 13.8. The van der Waals surface area contributed by atoms with Crippen LogP contribution in [-0.2, 0) is 13.6 Å². The highest BCUT2D eigenvalue weighted by Gasteiger charge is 2.05. The maximum Gasteiger partial charge on any atom is 0.320 e. The van der Waals surface area contributed by atoms with E-state index in [4.69, 9.17) is 0 Å². The first-order valence-corrected chi connectivity index (χ1v) is 6.08. The molecule has 2 N–H and O–H groups in total. The summed E-state index contributed by atoms with van der Waals surface area (Å²) in [6.45, 7) is 0.341. The fraction of sp³-hybridized carbons (Fsp3) is 0.333. The maximum absolute atomic E-state index is 11.7. The van der Waals surface area contributed by atoms with Crippen LogP contribution in [0.5, 0.6) is 0 Å². The fourth-order valence-corrected chi connectivity index (χ4v) is 1.58.